The molecule has 3 aromatic rings. The molecule has 1 aliphatic rings. The number of ether oxygens (including phenoxy) is 2. The van der Waals surface area contributed by atoms with Gasteiger partial charge in [-0.3, -0.25) is 9.69 Å². The van der Waals surface area contributed by atoms with E-state index in [0.29, 0.717) is 11.6 Å². The minimum atomic E-state index is -1.16. The third-order valence-electron chi connectivity index (χ3n) is 5.54. The highest BCUT2D eigenvalue weighted by Gasteiger charge is 2.30. The zero-order valence-electron chi connectivity index (χ0n) is 18.9. The normalized spacial score (nSPS) is 14.6. The Bertz CT molecular complexity index is 1060. The van der Waals surface area contributed by atoms with Crippen LogP contribution in [0.1, 0.15) is 19.4 Å². The second-order valence-corrected chi connectivity index (χ2v) is 8.54. The number of hydrogen-bond donors (Lipinski definition) is 1. The Hall–Kier alpha value is -3.29. The van der Waals surface area contributed by atoms with Crippen molar-refractivity contribution in [2.75, 3.05) is 31.6 Å². The lowest BCUT2D eigenvalue weighted by atomic mass is 10.1. The molecule has 6 nitrogen and oxygen atoms in total. The minimum Gasteiger partial charge on any atom is -0.478 e. The summed E-state index contributed by atoms with van der Waals surface area (Å²) in [6.07, 6.45) is 1.74. The Balaban J connectivity index is 1.35. The molecule has 33 heavy (non-hydrogen) atoms. The van der Waals surface area contributed by atoms with Gasteiger partial charge in [0.2, 0.25) is 0 Å². The number of nitrogens with one attached hydrogen (secondary N) is 1. The first-order valence-corrected chi connectivity index (χ1v) is 11.0. The van der Waals surface area contributed by atoms with Crippen LogP contribution in [-0.4, -0.2) is 47.7 Å². The van der Waals surface area contributed by atoms with Gasteiger partial charge in [0, 0.05) is 31.4 Å². The van der Waals surface area contributed by atoms with Crippen molar-refractivity contribution in [1.82, 2.24) is 9.88 Å². The van der Waals surface area contributed by atoms with E-state index in [1.165, 1.54) is 29.8 Å². The summed E-state index contributed by atoms with van der Waals surface area (Å²) in [5.74, 6) is 0.139. The molecule has 0 spiro atoms. The topological polar surface area (TPSA) is 63.7 Å². The molecule has 7 heteroatoms. The van der Waals surface area contributed by atoms with E-state index in [0.717, 1.165) is 44.0 Å². The van der Waals surface area contributed by atoms with E-state index in [4.69, 9.17) is 9.47 Å². The smallest absolute Gasteiger partial charge is 0.269 e. The van der Waals surface area contributed by atoms with Crippen molar-refractivity contribution in [3.63, 3.8) is 0 Å². The molecule has 1 aromatic heterocycles. The first kappa shape index (κ1) is 22.9. The summed E-state index contributed by atoms with van der Waals surface area (Å²) in [4.78, 5) is 19.5. The zero-order valence-corrected chi connectivity index (χ0v) is 18.9. The molecule has 1 amide bonds. The maximum Gasteiger partial charge on any atom is 0.269 e. The van der Waals surface area contributed by atoms with Crippen LogP contribution in [0.3, 0.4) is 0 Å². The summed E-state index contributed by atoms with van der Waals surface area (Å²) in [7, 11) is 0. The van der Waals surface area contributed by atoms with Gasteiger partial charge in [0.1, 0.15) is 17.4 Å². The number of hydrogen-bond acceptors (Lipinski definition) is 5. The highest BCUT2D eigenvalue weighted by Crippen LogP contribution is 2.23. The summed E-state index contributed by atoms with van der Waals surface area (Å²) in [5, 5.41) is 2.78. The summed E-state index contributed by atoms with van der Waals surface area (Å²) >= 11 is 0. The van der Waals surface area contributed by atoms with Crippen LogP contribution in [0.4, 0.5) is 10.2 Å². The van der Waals surface area contributed by atoms with Crippen molar-refractivity contribution in [1.29, 1.82) is 0 Å². The second-order valence-electron chi connectivity index (χ2n) is 8.54. The number of nitrogens with zero attached hydrogens (tertiary/aromatic N) is 2. The van der Waals surface area contributed by atoms with E-state index in [1.807, 2.05) is 6.07 Å². The molecular weight excluding hydrogens is 421 g/mol. The lowest BCUT2D eigenvalue weighted by Crippen LogP contribution is -2.42. The van der Waals surface area contributed by atoms with E-state index in [2.05, 4.69) is 39.5 Å². The van der Waals surface area contributed by atoms with Crippen LogP contribution < -0.4 is 10.1 Å². The van der Waals surface area contributed by atoms with Crippen molar-refractivity contribution in [3.05, 3.63) is 78.2 Å². The van der Waals surface area contributed by atoms with Crippen molar-refractivity contribution < 1.29 is 18.7 Å². The van der Waals surface area contributed by atoms with Crippen LogP contribution in [0.15, 0.2) is 66.9 Å². The summed E-state index contributed by atoms with van der Waals surface area (Å²) in [5.41, 5.74) is 2.13. The lowest BCUT2D eigenvalue weighted by molar-refractivity contribution is -0.128. The maximum atomic E-state index is 13.1. The summed E-state index contributed by atoms with van der Waals surface area (Å²) in [6.45, 7) is 7.74. The minimum absolute atomic E-state index is 0.348. The number of rotatable bonds is 7. The van der Waals surface area contributed by atoms with E-state index < -0.39 is 5.60 Å². The Labute approximate surface area is 193 Å². The third-order valence-corrected chi connectivity index (χ3v) is 5.54. The number of amides is 1. The monoisotopic (exact) mass is 449 g/mol. The molecule has 1 aliphatic heterocycles. The molecule has 1 fully saturated rings. The number of morpholine rings is 1. The number of benzene rings is 2. The number of carbonyl (C=O) groups excluding carboxylic acids is 1. The number of aromatic nitrogens is 1. The van der Waals surface area contributed by atoms with Crippen molar-refractivity contribution in [2.45, 2.75) is 26.0 Å². The molecule has 0 radical (unpaired) electrons. The molecule has 4 rings (SSSR count). The number of carbonyl (C=O) groups is 1. The van der Waals surface area contributed by atoms with Gasteiger partial charge < -0.3 is 14.8 Å². The van der Waals surface area contributed by atoms with Crippen molar-refractivity contribution in [2.24, 2.45) is 0 Å². The van der Waals surface area contributed by atoms with Gasteiger partial charge in [-0.05, 0) is 61.4 Å². The number of pyridine rings is 1. The van der Waals surface area contributed by atoms with E-state index in [9.17, 15) is 9.18 Å². The highest BCUT2D eigenvalue weighted by molar-refractivity contribution is 5.96. The first-order valence-electron chi connectivity index (χ1n) is 11.0. The van der Waals surface area contributed by atoms with Crippen LogP contribution in [0.2, 0.25) is 0 Å². The number of halogens is 1. The van der Waals surface area contributed by atoms with Crippen molar-refractivity contribution in [3.8, 4) is 16.9 Å². The third kappa shape index (κ3) is 6.15. The van der Waals surface area contributed by atoms with E-state index in [-0.39, 0.29) is 11.7 Å². The molecular formula is C26H28FN3O3. The Morgan fingerprint density at radius 3 is 2.33 bits per heavy atom. The van der Waals surface area contributed by atoms with Gasteiger partial charge in [0.05, 0.1) is 13.2 Å². The Morgan fingerprint density at radius 1 is 1.03 bits per heavy atom. The van der Waals surface area contributed by atoms with E-state index >= 15 is 0 Å². The van der Waals surface area contributed by atoms with Gasteiger partial charge in [-0.2, -0.15) is 0 Å². The fourth-order valence-corrected chi connectivity index (χ4v) is 3.57. The average Bonchev–Trinajstić information content (AvgIpc) is 2.82. The molecule has 0 saturated carbocycles. The Kier molecular flexibility index (Phi) is 7.01. The molecule has 0 bridgehead atoms. The predicted octanol–water partition coefficient (Wildman–Crippen LogP) is 4.52. The predicted molar refractivity (Wildman–Crippen MR) is 126 cm³/mol. The largest absolute Gasteiger partial charge is 0.478 e. The molecule has 0 unspecified atom stereocenters. The lowest BCUT2D eigenvalue weighted by Gasteiger charge is -2.26. The van der Waals surface area contributed by atoms with Gasteiger partial charge in [-0.15, -0.1) is 0 Å². The van der Waals surface area contributed by atoms with Crippen LogP contribution in [0, 0.1) is 5.82 Å². The number of anilines is 1. The molecule has 1 saturated heterocycles. The summed E-state index contributed by atoms with van der Waals surface area (Å²) in [6, 6.07) is 17.7. The van der Waals surface area contributed by atoms with Gasteiger partial charge in [0.25, 0.3) is 5.91 Å². The van der Waals surface area contributed by atoms with Crippen LogP contribution >= 0.6 is 0 Å². The van der Waals surface area contributed by atoms with Crippen molar-refractivity contribution >= 4 is 11.7 Å². The highest BCUT2D eigenvalue weighted by atomic mass is 19.1. The van der Waals surface area contributed by atoms with Gasteiger partial charge in [-0.25, -0.2) is 9.37 Å². The Morgan fingerprint density at radius 2 is 1.70 bits per heavy atom. The van der Waals surface area contributed by atoms with Gasteiger partial charge in [-0.1, -0.05) is 24.3 Å². The van der Waals surface area contributed by atoms with Crippen LogP contribution in [0.25, 0.3) is 11.1 Å². The van der Waals surface area contributed by atoms with E-state index in [1.54, 1.807) is 26.1 Å². The molecule has 0 aliphatic carbocycles. The zero-order chi connectivity index (χ0) is 23.3. The molecule has 2 heterocycles. The SMILES string of the molecule is CC(C)(Oc1ccc(F)cc1)C(=O)Nc1ccc(-c2ccc(CN3CCOCC3)cc2)cn1. The fraction of sp³-hybridized carbons (Fsp3) is 0.308. The molecule has 1 N–H and O–H groups in total. The molecule has 0 atom stereocenters. The van der Waals surface area contributed by atoms with Gasteiger partial charge in [0.15, 0.2) is 5.60 Å². The fourth-order valence-electron chi connectivity index (χ4n) is 3.57. The standard InChI is InChI=1S/C26H28FN3O3/c1-26(2,33-23-10-8-22(27)9-11-23)25(31)29-24-12-7-21(17-28-24)20-5-3-19(4-6-20)18-30-13-15-32-16-14-30/h3-12,17H,13-16,18H2,1-2H3,(H,28,29,31). The second kappa shape index (κ2) is 10.1. The van der Waals surface area contributed by atoms with Crippen LogP contribution in [-0.2, 0) is 16.1 Å². The average molecular weight is 450 g/mol. The van der Waals surface area contributed by atoms with Gasteiger partial charge >= 0.3 is 0 Å². The summed E-state index contributed by atoms with van der Waals surface area (Å²) < 4.78 is 24.2. The maximum absolute atomic E-state index is 13.1. The molecule has 172 valence electrons. The first-order chi connectivity index (χ1) is 15.9. The quantitative estimate of drug-likeness (QED) is 0.575. The van der Waals surface area contributed by atoms with Crippen LogP contribution in [0.5, 0.6) is 5.75 Å². The molecule has 2 aromatic carbocycles.